The number of Topliss-reactive ketones (excluding diaryl/α,β-unsaturated/α-hetero) is 1. The van der Waals surface area contributed by atoms with E-state index >= 15 is 0 Å². The Kier molecular flexibility index (Phi) is 20.0. The van der Waals surface area contributed by atoms with Gasteiger partial charge in [0.15, 0.2) is 0 Å². The number of phenols is 1. The third-order valence-corrected chi connectivity index (χ3v) is 20.1. The van der Waals surface area contributed by atoms with Crippen molar-refractivity contribution in [2.24, 2.45) is 10.2 Å². The van der Waals surface area contributed by atoms with Crippen molar-refractivity contribution in [3.05, 3.63) is 216 Å². The van der Waals surface area contributed by atoms with Gasteiger partial charge in [-0.2, -0.15) is 5.11 Å². The van der Waals surface area contributed by atoms with Gasteiger partial charge in [-0.1, -0.05) is 87.2 Å². The lowest BCUT2D eigenvalue weighted by molar-refractivity contribution is -0.122. The normalized spacial score (nSPS) is 16.1. The third kappa shape index (κ3) is 14.1. The predicted octanol–water partition coefficient (Wildman–Crippen LogP) is 12.2. The Morgan fingerprint density at radius 3 is 2.29 bits per heavy atom. The molecule has 1 unspecified atom stereocenters. The first kappa shape index (κ1) is 66.5. The molecule has 0 bridgehead atoms. The molecule has 0 saturated heterocycles. The minimum Gasteiger partial charge on any atom is -0.506 e. The molecule has 4 aliphatic heterocycles. The Morgan fingerprint density at radius 1 is 0.740 bits per heavy atom. The van der Waals surface area contributed by atoms with Crippen LogP contribution in [0.5, 0.6) is 5.75 Å². The molecule has 4 amide bonds. The van der Waals surface area contributed by atoms with E-state index in [1.165, 1.54) is 49.6 Å². The number of amides is 4. The monoisotopic (exact) mass is 1290 g/mol. The number of nitrogens with zero attached hydrogens (tertiary/aromatic N) is 6. The Labute approximate surface area is 564 Å². The van der Waals surface area contributed by atoms with Gasteiger partial charge in [-0.3, -0.25) is 24.0 Å². The van der Waals surface area contributed by atoms with Crippen molar-refractivity contribution in [2.75, 3.05) is 69.3 Å². The van der Waals surface area contributed by atoms with Gasteiger partial charge in [0.2, 0.25) is 17.2 Å². The molecule has 0 radical (unpaired) electrons. The van der Waals surface area contributed by atoms with Gasteiger partial charge in [0, 0.05) is 122 Å². The lowest BCUT2D eigenvalue weighted by Crippen LogP contribution is -2.50. The molecule has 7 aromatic rings. The second kappa shape index (κ2) is 28.8. The van der Waals surface area contributed by atoms with Crippen LogP contribution >= 0.6 is 0 Å². The van der Waals surface area contributed by atoms with Gasteiger partial charge in [-0.15, -0.1) is 5.11 Å². The van der Waals surface area contributed by atoms with Crippen LogP contribution in [0.3, 0.4) is 0 Å². The lowest BCUT2D eigenvalue weighted by atomic mass is 9.64. The summed E-state index contributed by atoms with van der Waals surface area (Å²) in [5, 5.41) is 28.0. The number of carbonyl (C=O) groups is 5. The average molecular weight is 1290 g/mol. The van der Waals surface area contributed by atoms with E-state index in [-0.39, 0.29) is 97.2 Å². The van der Waals surface area contributed by atoms with Gasteiger partial charge >= 0.3 is 0 Å². The number of hydrogen-bond donors (Lipinski definition) is 3. The molecule has 1 aliphatic carbocycles. The molecule has 4 heterocycles. The fourth-order valence-corrected chi connectivity index (χ4v) is 15.4. The van der Waals surface area contributed by atoms with Gasteiger partial charge < -0.3 is 35.2 Å². The van der Waals surface area contributed by atoms with Crippen LogP contribution in [0, 0.1) is 11.8 Å². The Hall–Kier alpha value is -9.52. The standard InChI is InChI=1S/C81H88N8O7/c1-8-89-71-50-68-66(49-65(71)53(2)51-80(89,3)4)75(67-48-58-22-16-43-87-44-17-26-64(77(58)87)76(67)81(68,5)6)62-24-12-13-25-63(62)79(95)86(7)42-18-28-73(92)82-40-38-54-30-37-69(72(91)47-54)85-84-60-35-33-57(34-36-60)78(94)83-41-46-96-45-39-61(90)23-15-29-74(93)88-52-59-21-10-9-19-55(59)31-32-56-20-11-14-27-70(56)88/h9-14,19-21,24-25,27,30,33-37,47-50,53H,8,15-18,22-23,26,28-29,38-46,51-52H2,1-7H3,(H2-,82,83,84,91,92,94)/p+1. The van der Waals surface area contributed by atoms with Gasteiger partial charge in [0.25, 0.3) is 11.8 Å². The van der Waals surface area contributed by atoms with Crippen molar-refractivity contribution in [1.29, 1.82) is 0 Å². The van der Waals surface area contributed by atoms with Crippen LogP contribution in [0.2, 0.25) is 0 Å². The van der Waals surface area contributed by atoms with E-state index in [1.54, 1.807) is 46.2 Å². The first-order valence-electron chi connectivity index (χ1n) is 34.5. The maximum Gasteiger partial charge on any atom is 0.254 e. The summed E-state index contributed by atoms with van der Waals surface area (Å²) < 4.78 is 8.29. The van der Waals surface area contributed by atoms with Crippen molar-refractivity contribution in [3.8, 4) is 17.6 Å². The fourth-order valence-electron chi connectivity index (χ4n) is 15.4. The van der Waals surface area contributed by atoms with E-state index in [1.807, 2.05) is 73.8 Å². The lowest BCUT2D eigenvalue weighted by Gasteiger charge is -2.48. The molecule has 494 valence electrons. The second-order valence-electron chi connectivity index (χ2n) is 27.6. The van der Waals surface area contributed by atoms with E-state index in [0.717, 1.165) is 90.8 Å². The van der Waals surface area contributed by atoms with E-state index < -0.39 is 0 Å². The molecular formula is C81H89N8O7+. The molecule has 0 spiro atoms. The molecule has 5 aliphatic rings. The van der Waals surface area contributed by atoms with Gasteiger partial charge in [0.1, 0.15) is 30.3 Å². The summed E-state index contributed by atoms with van der Waals surface area (Å²) >= 11 is 0. The van der Waals surface area contributed by atoms with Crippen LogP contribution in [-0.4, -0.2) is 104 Å². The quantitative estimate of drug-likeness (QED) is 0.0245. The number of fused-ring (bicyclic) bond motifs is 6. The number of para-hydroxylation sites is 1. The molecule has 1 atom stereocenters. The van der Waals surface area contributed by atoms with Crippen molar-refractivity contribution >= 4 is 57.7 Å². The van der Waals surface area contributed by atoms with E-state index in [0.29, 0.717) is 61.6 Å². The maximum atomic E-state index is 14.9. The highest BCUT2D eigenvalue weighted by atomic mass is 16.5. The number of phenolic OH excluding ortho intramolecular Hbond substituents is 1. The number of ketones is 1. The van der Waals surface area contributed by atoms with Crippen molar-refractivity contribution in [2.45, 2.75) is 142 Å². The first-order valence-corrected chi connectivity index (χ1v) is 34.5. The smallest absolute Gasteiger partial charge is 0.254 e. The summed E-state index contributed by atoms with van der Waals surface area (Å²) in [6.07, 6.45) is 7.79. The largest absolute Gasteiger partial charge is 0.506 e. The van der Waals surface area contributed by atoms with Crippen LogP contribution < -0.4 is 35.6 Å². The summed E-state index contributed by atoms with van der Waals surface area (Å²) in [7, 11) is 1.84. The molecule has 0 fully saturated rings. The Balaban J connectivity index is 0.589. The predicted molar refractivity (Wildman–Crippen MR) is 378 cm³/mol. The molecule has 96 heavy (non-hydrogen) atoms. The Morgan fingerprint density at radius 2 is 1.49 bits per heavy atom. The van der Waals surface area contributed by atoms with Crippen molar-refractivity contribution < 1.29 is 33.8 Å². The van der Waals surface area contributed by atoms with Crippen LogP contribution in [-0.2, 0) is 50.3 Å². The maximum absolute atomic E-state index is 14.9. The summed E-state index contributed by atoms with van der Waals surface area (Å²) in [5.74, 6) is 6.23. The zero-order valence-electron chi connectivity index (χ0n) is 56.7. The number of benzene rings is 7. The average Bonchev–Trinajstić information content (AvgIpc) is 0.695. The molecule has 15 heteroatoms. The minimum atomic E-state index is -0.294. The number of nitrogens with one attached hydrogen (secondary N) is 2. The number of aryl methyl sites for hydroxylation is 1. The number of carbonyl (C=O) groups excluding carboxylic acids is 5. The number of aromatic hydroxyl groups is 1. The van der Waals surface area contributed by atoms with Gasteiger partial charge in [0.05, 0.1) is 31.1 Å². The molecule has 15 nitrogen and oxygen atoms in total. The number of hydrogen-bond acceptors (Lipinski definition) is 10. The molecule has 12 rings (SSSR count). The number of rotatable bonds is 23. The van der Waals surface area contributed by atoms with Crippen molar-refractivity contribution in [1.82, 2.24) is 20.1 Å². The van der Waals surface area contributed by atoms with E-state index in [9.17, 15) is 29.1 Å². The molecule has 3 N–H and O–H groups in total. The van der Waals surface area contributed by atoms with Crippen LogP contribution in [0.4, 0.5) is 22.7 Å². The molecule has 0 saturated carbocycles. The van der Waals surface area contributed by atoms with Crippen LogP contribution in [0.1, 0.15) is 187 Å². The second-order valence-corrected chi connectivity index (χ2v) is 27.6. The van der Waals surface area contributed by atoms with Gasteiger partial charge in [-0.25, -0.2) is 4.58 Å². The highest BCUT2D eigenvalue weighted by molar-refractivity contribution is 6.02. The van der Waals surface area contributed by atoms with Crippen LogP contribution in [0.15, 0.2) is 144 Å². The zero-order chi connectivity index (χ0) is 67.3. The summed E-state index contributed by atoms with van der Waals surface area (Å²) in [5.41, 5.74) is 17.5. The number of anilines is 2. The molecule has 7 aromatic carbocycles. The summed E-state index contributed by atoms with van der Waals surface area (Å²) in [4.78, 5) is 73.4. The highest BCUT2D eigenvalue weighted by Crippen LogP contribution is 2.50. The SMILES string of the molecule is CCN1c2cc3c(cc2C(C)CC1(C)C)C(c1ccccc1C(=O)N(C)CCCC(=O)NCCc1ccc(N=Nc2ccc(C(=O)NCCOCCC(=O)CCCC(=O)N4Cc5ccccc5C#Cc5ccccc54)cc2)c(O)c1)=c1cc2c4c(c1C3(C)C)CCC[N+]=4CCC2. The van der Waals surface area contributed by atoms with E-state index in [4.69, 9.17) is 4.74 Å². The highest BCUT2D eigenvalue weighted by Gasteiger charge is 2.43. The van der Waals surface area contributed by atoms with Crippen molar-refractivity contribution in [3.63, 3.8) is 0 Å². The summed E-state index contributed by atoms with van der Waals surface area (Å²) in [6.45, 7) is 19.3. The van der Waals surface area contributed by atoms with Gasteiger partial charge in [-0.05, 0) is 194 Å². The number of azo groups is 1. The zero-order valence-corrected chi connectivity index (χ0v) is 56.7. The topological polar surface area (TPSA) is 176 Å². The minimum absolute atomic E-state index is 0.00911. The number of ether oxygens (including phenoxy) is 1. The first-order chi connectivity index (χ1) is 46.4. The molecule has 0 aromatic heterocycles. The fraction of sp³-hybridized carbons (Fsp3) is 0.383. The van der Waals surface area contributed by atoms with Crippen LogP contribution in [0.25, 0.3) is 5.57 Å². The third-order valence-electron chi connectivity index (χ3n) is 20.1. The Bertz CT molecular complexity index is 4420. The summed E-state index contributed by atoms with van der Waals surface area (Å²) in [6, 6.07) is 42.9. The molecular weight excluding hydrogens is 1200 g/mol. The van der Waals surface area contributed by atoms with E-state index in [2.05, 4.69) is 114 Å².